The van der Waals surface area contributed by atoms with Gasteiger partial charge in [-0.1, -0.05) is 224 Å². The van der Waals surface area contributed by atoms with Gasteiger partial charge >= 0.3 is 0 Å². The molecule has 0 radical (unpaired) electrons. The van der Waals surface area contributed by atoms with Crippen LogP contribution in [0.25, 0.3) is 77.9 Å². The van der Waals surface area contributed by atoms with E-state index < -0.39 is 5.41 Å². The zero-order chi connectivity index (χ0) is 49.9. The molecule has 354 valence electrons. The zero-order valence-corrected chi connectivity index (χ0v) is 41.7. The van der Waals surface area contributed by atoms with Gasteiger partial charge in [-0.2, -0.15) is 0 Å². The van der Waals surface area contributed by atoms with Gasteiger partial charge in [0, 0.05) is 33.8 Å². The molecule has 0 N–H and O–H groups in total. The highest BCUT2D eigenvalue weighted by molar-refractivity contribution is 6.06. The number of nitrogens with zero attached hydrogens (tertiary/aromatic N) is 2. The van der Waals surface area contributed by atoms with E-state index in [-0.39, 0.29) is 0 Å². The summed E-state index contributed by atoms with van der Waals surface area (Å²) < 4.78 is 0. The largest absolute Gasteiger partial charge is 0.310 e. The lowest BCUT2D eigenvalue weighted by Crippen LogP contribution is -2.29. The number of hydrogen-bond donors (Lipinski definition) is 0. The van der Waals surface area contributed by atoms with Crippen LogP contribution in [0.5, 0.6) is 0 Å². The molecule has 0 amide bonds. The minimum absolute atomic E-state index is 0.679. The van der Waals surface area contributed by atoms with Crippen molar-refractivity contribution in [1.82, 2.24) is 0 Å². The molecule has 1 heterocycles. The van der Waals surface area contributed by atoms with E-state index in [1.165, 1.54) is 100 Å². The van der Waals surface area contributed by atoms with Gasteiger partial charge in [0.05, 0.1) is 22.5 Å². The molecule has 12 aromatic rings. The predicted octanol–water partition coefficient (Wildman–Crippen LogP) is 19.5. The summed E-state index contributed by atoms with van der Waals surface area (Å²) in [5.74, 6) is 0. The average molecular weight is 965 g/mol. The van der Waals surface area contributed by atoms with Crippen LogP contribution in [0.1, 0.15) is 33.4 Å². The van der Waals surface area contributed by atoms with Gasteiger partial charge in [0.15, 0.2) is 0 Å². The SMILES string of the molecule is c1ccc(-c2ccccc2N(c2ccc3c(c2)-c2ccccc2N(c2ccccc2)c2ccccc2-3)c2ccc3c(c2)C2(c4ccccc4-c4ccccc4-3)c3ccccc3-c3c2ccc2c3-c3ccccc3C2)cc1. The van der Waals surface area contributed by atoms with E-state index >= 15 is 0 Å². The Kier molecular flexibility index (Phi) is 9.35. The van der Waals surface area contributed by atoms with Gasteiger partial charge in [0.25, 0.3) is 0 Å². The van der Waals surface area contributed by atoms with Crippen LogP contribution < -0.4 is 9.80 Å². The van der Waals surface area contributed by atoms with Gasteiger partial charge in [0.1, 0.15) is 0 Å². The summed E-state index contributed by atoms with van der Waals surface area (Å²) in [6.45, 7) is 0. The van der Waals surface area contributed by atoms with Crippen molar-refractivity contribution in [1.29, 1.82) is 0 Å². The van der Waals surface area contributed by atoms with Crippen LogP contribution in [-0.4, -0.2) is 0 Å². The van der Waals surface area contributed by atoms with Crippen LogP contribution in [0.4, 0.5) is 34.1 Å². The van der Waals surface area contributed by atoms with E-state index in [9.17, 15) is 0 Å². The van der Waals surface area contributed by atoms with E-state index in [1.54, 1.807) is 0 Å². The van der Waals surface area contributed by atoms with Crippen molar-refractivity contribution < 1.29 is 0 Å². The molecule has 3 aliphatic carbocycles. The second kappa shape index (κ2) is 16.6. The standard InChI is InChI=1S/C74H48N2/c1-3-21-48(22-4-1)54-26-13-18-36-69(54)75(52-40-42-58-61-31-14-19-37-70(61)76(51-24-5-2-6-25-51)71-38-20-15-32-62(71)64(58)46-52)53-41-43-60-57-29-10-9-28-56(57)59-30-11-16-34-65(59)74(68(60)47-53)66-35-17-12-33-63(66)73-67(74)44-39-50-45-49-23-7-8-27-55(49)72(50)73/h1-44,46-47H,45H2. The highest BCUT2D eigenvalue weighted by Gasteiger charge is 2.51. The molecule has 0 saturated heterocycles. The Morgan fingerprint density at radius 3 is 1.51 bits per heavy atom. The van der Waals surface area contributed by atoms with Gasteiger partial charge in [-0.3, -0.25) is 0 Å². The van der Waals surface area contributed by atoms with Crippen LogP contribution in [0.15, 0.2) is 279 Å². The highest BCUT2D eigenvalue weighted by atomic mass is 15.2. The molecule has 0 bridgehead atoms. The fourth-order valence-corrected chi connectivity index (χ4v) is 13.8. The number of anilines is 6. The topological polar surface area (TPSA) is 6.48 Å². The molecule has 0 saturated carbocycles. The molecule has 0 fully saturated rings. The smallest absolute Gasteiger partial charge is 0.0726 e. The molecule has 1 spiro atoms. The maximum absolute atomic E-state index is 2.56. The second-order valence-corrected chi connectivity index (χ2v) is 20.6. The number of hydrogen-bond acceptors (Lipinski definition) is 2. The quantitative estimate of drug-likeness (QED) is 0.170. The Balaban J connectivity index is 1.01. The molecule has 16 rings (SSSR count). The number of fused-ring (bicyclic) bond motifs is 21. The molecule has 1 aliphatic heterocycles. The first-order valence-electron chi connectivity index (χ1n) is 26.5. The van der Waals surface area contributed by atoms with Crippen LogP contribution >= 0.6 is 0 Å². The predicted molar refractivity (Wildman–Crippen MR) is 316 cm³/mol. The van der Waals surface area contributed by atoms with E-state index in [4.69, 9.17) is 0 Å². The molecule has 2 nitrogen and oxygen atoms in total. The first kappa shape index (κ1) is 42.7. The molecule has 76 heavy (non-hydrogen) atoms. The molecule has 1 unspecified atom stereocenters. The summed E-state index contributed by atoms with van der Waals surface area (Å²) in [5, 5.41) is 0. The average Bonchev–Trinajstić information content (AvgIpc) is 4.17. The summed E-state index contributed by atoms with van der Waals surface area (Å²) in [6, 6.07) is 105. The Morgan fingerprint density at radius 2 is 0.789 bits per heavy atom. The normalized spacial score (nSPS) is 14.6. The van der Waals surface area contributed by atoms with Gasteiger partial charge in [0.2, 0.25) is 0 Å². The monoisotopic (exact) mass is 964 g/mol. The van der Waals surface area contributed by atoms with Crippen molar-refractivity contribution in [2.45, 2.75) is 11.8 Å². The summed E-state index contributed by atoms with van der Waals surface area (Å²) in [7, 11) is 0. The van der Waals surface area contributed by atoms with Crippen molar-refractivity contribution in [3.05, 3.63) is 312 Å². The fraction of sp³-hybridized carbons (Fsp3) is 0.0270. The Hall–Kier alpha value is -9.76. The van der Waals surface area contributed by atoms with Crippen LogP contribution in [0.3, 0.4) is 0 Å². The van der Waals surface area contributed by atoms with Crippen molar-refractivity contribution in [2.75, 3.05) is 9.80 Å². The van der Waals surface area contributed by atoms with E-state index in [1.807, 2.05) is 0 Å². The number of benzene rings is 12. The summed E-state index contributed by atoms with van der Waals surface area (Å²) in [6.07, 6.45) is 0.938. The maximum atomic E-state index is 2.56. The summed E-state index contributed by atoms with van der Waals surface area (Å²) >= 11 is 0. The minimum atomic E-state index is -0.679. The zero-order valence-electron chi connectivity index (χ0n) is 41.7. The molecule has 1 atom stereocenters. The third-order valence-corrected chi connectivity index (χ3v) is 16.8. The summed E-state index contributed by atoms with van der Waals surface area (Å²) in [4.78, 5) is 4.97. The lowest BCUT2D eigenvalue weighted by Gasteiger charge is -2.37. The lowest BCUT2D eigenvalue weighted by atomic mass is 9.65. The Labute approximate surface area is 443 Å². The van der Waals surface area contributed by atoms with Crippen LogP contribution in [0.2, 0.25) is 0 Å². The van der Waals surface area contributed by atoms with E-state index in [0.717, 1.165) is 51.7 Å². The molecular weight excluding hydrogens is 917 g/mol. The van der Waals surface area contributed by atoms with Gasteiger partial charge in [-0.05, 0) is 156 Å². The Bertz CT molecular complexity index is 4340. The maximum Gasteiger partial charge on any atom is 0.0726 e. The number of rotatable bonds is 5. The van der Waals surface area contributed by atoms with Crippen LogP contribution in [0, 0.1) is 0 Å². The van der Waals surface area contributed by atoms with Gasteiger partial charge < -0.3 is 9.80 Å². The first-order valence-corrected chi connectivity index (χ1v) is 26.5. The minimum Gasteiger partial charge on any atom is -0.310 e. The Morgan fingerprint density at radius 1 is 0.289 bits per heavy atom. The third-order valence-electron chi connectivity index (χ3n) is 16.8. The van der Waals surface area contributed by atoms with Gasteiger partial charge in [-0.15, -0.1) is 0 Å². The van der Waals surface area contributed by atoms with E-state index in [0.29, 0.717) is 0 Å². The highest BCUT2D eigenvalue weighted by Crippen LogP contribution is 2.65. The summed E-state index contributed by atoms with van der Waals surface area (Å²) in [5.41, 5.74) is 31.5. The first-order chi connectivity index (χ1) is 37.7. The van der Waals surface area contributed by atoms with Crippen LogP contribution in [-0.2, 0) is 11.8 Å². The van der Waals surface area contributed by atoms with Crippen molar-refractivity contribution in [3.8, 4) is 77.9 Å². The molecule has 4 aliphatic rings. The molecule has 2 heteroatoms. The molecular formula is C74H48N2. The molecule has 12 aromatic carbocycles. The van der Waals surface area contributed by atoms with Crippen molar-refractivity contribution >= 4 is 34.1 Å². The van der Waals surface area contributed by atoms with E-state index in [2.05, 4.69) is 289 Å². The molecule has 0 aromatic heterocycles. The van der Waals surface area contributed by atoms with Gasteiger partial charge in [-0.25, -0.2) is 0 Å². The fourth-order valence-electron chi connectivity index (χ4n) is 13.8. The third kappa shape index (κ3) is 6.04. The van der Waals surface area contributed by atoms with Crippen molar-refractivity contribution in [2.24, 2.45) is 0 Å². The lowest BCUT2D eigenvalue weighted by molar-refractivity contribution is 0.775. The van der Waals surface area contributed by atoms with Crippen molar-refractivity contribution in [3.63, 3.8) is 0 Å². The second-order valence-electron chi connectivity index (χ2n) is 20.6. The number of para-hydroxylation sites is 4.